The Labute approximate surface area is 167 Å². The number of ether oxygens (including phenoxy) is 2. The number of Topliss-reactive ketones (excluding diaryl/α,β-unsaturated/α-hetero) is 1. The molecule has 0 radical (unpaired) electrons. The van der Waals surface area contributed by atoms with Gasteiger partial charge in [0.1, 0.15) is 5.75 Å². The summed E-state index contributed by atoms with van der Waals surface area (Å²) in [6.45, 7) is 1.52. The molecule has 0 aliphatic heterocycles. The Hall–Kier alpha value is -3.87. The molecular formula is C22H19NO6. The zero-order valence-corrected chi connectivity index (χ0v) is 15.9. The summed E-state index contributed by atoms with van der Waals surface area (Å²) in [7, 11) is 1.54. The standard InChI is InChI=1S/C22H19NO6/c1-14(20(24)15-7-11-18(27-2)12-8-15)29-22(26)16-5-9-17(10-6-16)23-21(25)19-4-3-13-28-19/h3-14H,1-2H3,(H,23,25)/t14-/m0/s1. The van der Waals surface area contributed by atoms with Gasteiger partial charge in [0.25, 0.3) is 5.91 Å². The van der Waals surface area contributed by atoms with Crippen molar-refractivity contribution in [2.24, 2.45) is 0 Å². The van der Waals surface area contributed by atoms with E-state index in [9.17, 15) is 14.4 Å². The van der Waals surface area contributed by atoms with E-state index in [1.165, 1.54) is 32.4 Å². The molecule has 29 heavy (non-hydrogen) atoms. The minimum absolute atomic E-state index is 0.180. The number of furan rings is 1. The number of methoxy groups -OCH3 is 1. The van der Waals surface area contributed by atoms with Crippen molar-refractivity contribution in [3.8, 4) is 5.75 Å². The normalized spacial score (nSPS) is 11.4. The van der Waals surface area contributed by atoms with Crippen LogP contribution in [0.3, 0.4) is 0 Å². The molecule has 148 valence electrons. The van der Waals surface area contributed by atoms with Crippen LogP contribution in [-0.2, 0) is 4.74 Å². The van der Waals surface area contributed by atoms with Gasteiger partial charge in [-0.05, 0) is 67.6 Å². The van der Waals surface area contributed by atoms with E-state index in [1.807, 2.05) is 0 Å². The minimum Gasteiger partial charge on any atom is -0.497 e. The van der Waals surface area contributed by atoms with Crippen LogP contribution in [0.5, 0.6) is 5.75 Å². The lowest BCUT2D eigenvalue weighted by Crippen LogP contribution is -2.24. The van der Waals surface area contributed by atoms with Crippen molar-refractivity contribution in [3.63, 3.8) is 0 Å². The van der Waals surface area contributed by atoms with Gasteiger partial charge < -0.3 is 19.2 Å². The molecule has 0 spiro atoms. The second kappa shape index (κ2) is 8.88. The fourth-order valence-electron chi connectivity index (χ4n) is 2.56. The van der Waals surface area contributed by atoms with Crippen LogP contribution in [0.1, 0.15) is 38.2 Å². The summed E-state index contributed by atoms with van der Waals surface area (Å²) >= 11 is 0. The highest BCUT2D eigenvalue weighted by molar-refractivity contribution is 6.03. The van der Waals surface area contributed by atoms with Gasteiger partial charge in [-0.1, -0.05) is 0 Å². The van der Waals surface area contributed by atoms with Gasteiger partial charge >= 0.3 is 5.97 Å². The van der Waals surface area contributed by atoms with Crippen LogP contribution in [0.4, 0.5) is 5.69 Å². The number of nitrogens with one attached hydrogen (secondary N) is 1. The summed E-state index contributed by atoms with van der Waals surface area (Å²) in [5.41, 5.74) is 1.17. The number of carbonyl (C=O) groups excluding carboxylic acids is 3. The number of ketones is 1. The molecule has 0 fully saturated rings. The summed E-state index contributed by atoms with van der Waals surface area (Å²) in [6, 6.07) is 15.8. The van der Waals surface area contributed by atoms with E-state index < -0.39 is 18.0 Å². The topological polar surface area (TPSA) is 94.8 Å². The fraction of sp³-hybridized carbons (Fsp3) is 0.136. The highest BCUT2D eigenvalue weighted by Crippen LogP contribution is 2.16. The zero-order chi connectivity index (χ0) is 20.8. The maximum Gasteiger partial charge on any atom is 0.338 e. The predicted octanol–water partition coefficient (Wildman–Crippen LogP) is 3.97. The van der Waals surface area contributed by atoms with Gasteiger partial charge in [0, 0.05) is 11.3 Å². The first-order valence-electron chi connectivity index (χ1n) is 8.82. The quantitative estimate of drug-likeness (QED) is 0.482. The molecule has 0 bridgehead atoms. The van der Waals surface area contributed by atoms with Gasteiger partial charge in [-0.3, -0.25) is 9.59 Å². The maximum absolute atomic E-state index is 12.4. The fourth-order valence-corrected chi connectivity index (χ4v) is 2.56. The lowest BCUT2D eigenvalue weighted by Gasteiger charge is -2.13. The van der Waals surface area contributed by atoms with Crippen molar-refractivity contribution >= 4 is 23.3 Å². The van der Waals surface area contributed by atoms with Crippen molar-refractivity contribution in [2.45, 2.75) is 13.0 Å². The Kier molecular flexibility index (Phi) is 6.09. The van der Waals surface area contributed by atoms with E-state index >= 15 is 0 Å². The molecule has 3 aromatic rings. The summed E-state index contributed by atoms with van der Waals surface area (Å²) in [6.07, 6.45) is 0.455. The number of carbonyl (C=O) groups is 3. The maximum atomic E-state index is 12.4. The minimum atomic E-state index is -0.950. The second-order valence-electron chi connectivity index (χ2n) is 6.15. The van der Waals surface area contributed by atoms with Crippen LogP contribution in [0, 0.1) is 0 Å². The van der Waals surface area contributed by atoms with E-state index in [1.54, 1.807) is 48.5 Å². The number of rotatable bonds is 7. The van der Waals surface area contributed by atoms with Gasteiger partial charge in [0.15, 0.2) is 11.9 Å². The molecule has 0 aliphatic carbocycles. The molecule has 1 heterocycles. The Morgan fingerprint density at radius 2 is 1.59 bits per heavy atom. The van der Waals surface area contributed by atoms with E-state index in [0.717, 1.165) is 0 Å². The van der Waals surface area contributed by atoms with E-state index in [-0.39, 0.29) is 17.1 Å². The monoisotopic (exact) mass is 393 g/mol. The molecule has 1 atom stereocenters. The first-order valence-corrected chi connectivity index (χ1v) is 8.82. The SMILES string of the molecule is COc1ccc(C(=O)[C@H](C)OC(=O)c2ccc(NC(=O)c3ccco3)cc2)cc1. The molecule has 0 saturated carbocycles. The Morgan fingerprint density at radius 3 is 2.17 bits per heavy atom. The molecule has 1 amide bonds. The molecule has 7 nitrogen and oxygen atoms in total. The molecule has 2 aromatic carbocycles. The molecule has 1 aromatic heterocycles. The van der Waals surface area contributed by atoms with Gasteiger partial charge in [0.05, 0.1) is 18.9 Å². The van der Waals surface area contributed by atoms with Crippen molar-refractivity contribution in [2.75, 3.05) is 12.4 Å². The lowest BCUT2D eigenvalue weighted by atomic mass is 10.1. The average Bonchev–Trinajstić information content (AvgIpc) is 3.29. The first-order chi connectivity index (χ1) is 14.0. The number of hydrogen-bond donors (Lipinski definition) is 1. The second-order valence-corrected chi connectivity index (χ2v) is 6.15. The summed E-state index contributed by atoms with van der Waals surface area (Å²) in [4.78, 5) is 36.7. The van der Waals surface area contributed by atoms with Crippen LogP contribution < -0.4 is 10.1 Å². The van der Waals surface area contributed by atoms with Crippen molar-refractivity contribution in [1.82, 2.24) is 0 Å². The Morgan fingerprint density at radius 1 is 0.931 bits per heavy atom. The molecule has 0 saturated heterocycles. The van der Waals surface area contributed by atoms with Gasteiger partial charge in [-0.2, -0.15) is 0 Å². The average molecular weight is 393 g/mol. The highest BCUT2D eigenvalue weighted by Gasteiger charge is 2.20. The molecule has 0 unspecified atom stereocenters. The summed E-state index contributed by atoms with van der Waals surface area (Å²) in [5, 5.41) is 2.65. The van der Waals surface area contributed by atoms with Crippen molar-refractivity contribution in [1.29, 1.82) is 0 Å². The number of hydrogen-bond acceptors (Lipinski definition) is 6. The summed E-state index contributed by atoms with van der Waals surface area (Å²) < 4.78 is 15.3. The Bertz CT molecular complexity index is 991. The van der Waals surface area contributed by atoms with E-state index in [2.05, 4.69) is 5.32 Å². The number of amides is 1. The van der Waals surface area contributed by atoms with Crippen LogP contribution in [0.25, 0.3) is 0 Å². The number of anilines is 1. The van der Waals surface area contributed by atoms with Crippen molar-refractivity contribution in [3.05, 3.63) is 83.8 Å². The van der Waals surface area contributed by atoms with E-state index in [0.29, 0.717) is 17.0 Å². The molecule has 1 N–H and O–H groups in total. The first kappa shape index (κ1) is 19.9. The predicted molar refractivity (Wildman–Crippen MR) is 105 cm³/mol. The number of esters is 1. The number of benzene rings is 2. The lowest BCUT2D eigenvalue weighted by molar-refractivity contribution is 0.0319. The zero-order valence-electron chi connectivity index (χ0n) is 15.9. The van der Waals surface area contributed by atoms with Crippen LogP contribution in [0.15, 0.2) is 71.3 Å². The third kappa shape index (κ3) is 4.90. The third-order valence-electron chi connectivity index (χ3n) is 4.15. The van der Waals surface area contributed by atoms with Gasteiger partial charge in [-0.15, -0.1) is 0 Å². The molecular weight excluding hydrogens is 374 g/mol. The van der Waals surface area contributed by atoms with E-state index in [4.69, 9.17) is 13.9 Å². The van der Waals surface area contributed by atoms with Gasteiger partial charge in [-0.25, -0.2) is 4.79 Å². The van der Waals surface area contributed by atoms with Crippen LogP contribution in [0.2, 0.25) is 0 Å². The van der Waals surface area contributed by atoms with Gasteiger partial charge in [0.2, 0.25) is 5.78 Å². The molecule has 7 heteroatoms. The van der Waals surface area contributed by atoms with Crippen LogP contribution >= 0.6 is 0 Å². The highest BCUT2D eigenvalue weighted by atomic mass is 16.5. The molecule has 3 rings (SSSR count). The van der Waals surface area contributed by atoms with Crippen LogP contribution in [-0.4, -0.2) is 30.9 Å². The third-order valence-corrected chi connectivity index (χ3v) is 4.15. The Balaban J connectivity index is 1.59. The summed E-state index contributed by atoms with van der Waals surface area (Å²) in [5.74, 6) is -0.541. The molecule has 0 aliphatic rings. The van der Waals surface area contributed by atoms with Crippen molar-refractivity contribution < 1.29 is 28.3 Å². The largest absolute Gasteiger partial charge is 0.497 e. The smallest absolute Gasteiger partial charge is 0.338 e.